The second-order valence-corrected chi connectivity index (χ2v) is 8.48. The van der Waals surface area contributed by atoms with Gasteiger partial charge >= 0.3 is 0 Å². The van der Waals surface area contributed by atoms with Crippen LogP contribution in [0.3, 0.4) is 0 Å². The number of benzene rings is 1. The molecule has 1 atom stereocenters. The second-order valence-electron chi connectivity index (χ2n) is 6.47. The molecule has 0 radical (unpaired) electrons. The van der Waals surface area contributed by atoms with Gasteiger partial charge in [-0.2, -0.15) is 5.10 Å². The Hall–Kier alpha value is -1.66. The monoisotopic (exact) mass is 333 g/mol. The van der Waals surface area contributed by atoms with Crippen LogP contribution in [0.2, 0.25) is 0 Å². The molecule has 23 heavy (non-hydrogen) atoms. The maximum Gasteiger partial charge on any atom is 0.175 e. The van der Waals surface area contributed by atoms with Gasteiger partial charge in [0.25, 0.3) is 0 Å². The van der Waals surface area contributed by atoms with Crippen molar-refractivity contribution in [3.63, 3.8) is 0 Å². The highest BCUT2D eigenvalue weighted by atomic mass is 32.2. The first-order chi connectivity index (χ1) is 10.8. The molecule has 1 aromatic carbocycles. The Balaban J connectivity index is 1.65. The van der Waals surface area contributed by atoms with Crippen molar-refractivity contribution in [1.82, 2.24) is 14.7 Å². The van der Waals surface area contributed by atoms with Gasteiger partial charge in [-0.1, -0.05) is 12.1 Å². The number of hydrogen-bond donors (Lipinski definition) is 0. The van der Waals surface area contributed by atoms with Crippen LogP contribution < -0.4 is 0 Å². The third kappa shape index (κ3) is 3.64. The van der Waals surface area contributed by atoms with E-state index < -0.39 is 9.84 Å². The Morgan fingerprint density at radius 3 is 2.48 bits per heavy atom. The molecule has 0 aliphatic carbocycles. The average molecular weight is 333 g/mol. The zero-order valence-corrected chi connectivity index (χ0v) is 14.7. The van der Waals surface area contributed by atoms with Crippen molar-refractivity contribution >= 4 is 9.84 Å². The van der Waals surface area contributed by atoms with Gasteiger partial charge in [-0.3, -0.25) is 9.58 Å². The fraction of sp³-hybridized carbons (Fsp3) is 0.471. The minimum atomic E-state index is -3.12. The third-order valence-corrected chi connectivity index (χ3v) is 5.52. The molecule has 3 rings (SSSR count). The summed E-state index contributed by atoms with van der Waals surface area (Å²) in [7, 11) is -3.12. The summed E-state index contributed by atoms with van der Waals surface area (Å²) in [4.78, 5) is 2.78. The summed E-state index contributed by atoms with van der Waals surface area (Å²) < 4.78 is 25.1. The summed E-state index contributed by atoms with van der Waals surface area (Å²) >= 11 is 0. The zero-order chi connectivity index (χ0) is 16.6. The largest absolute Gasteiger partial charge is 0.297 e. The molecular formula is C17H23N3O2S. The number of hydrogen-bond acceptors (Lipinski definition) is 4. The normalized spacial score (nSPS) is 19.3. The Kier molecular flexibility index (Phi) is 4.29. The molecule has 1 aromatic heterocycles. The molecule has 1 saturated heterocycles. The smallest absolute Gasteiger partial charge is 0.175 e. The molecule has 2 heterocycles. The van der Waals surface area contributed by atoms with E-state index in [0.29, 0.717) is 10.9 Å². The number of sulfone groups is 1. The quantitative estimate of drug-likeness (QED) is 0.862. The molecule has 0 spiro atoms. The van der Waals surface area contributed by atoms with Gasteiger partial charge in [0.1, 0.15) is 0 Å². The van der Waals surface area contributed by atoms with Gasteiger partial charge in [0, 0.05) is 31.6 Å². The predicted molar refractivity (Wildman–Crippen MR) is 90.2 cm³/mol. The van der Waals surface area contributed by atoms with Crippen molar-refractivity contribution < 1.29 is 8.42 Å². The Morgan fingerprint density at radius 2 is 1.91 bits per heavy atom. The molecular weight excluding hydrogens is 310 g/mol. The van der Waals surface area contributed by atoms with Crippen LogP contribution in [0.1, 0.15) is 29.4 Å². The molecule has 6 heteroatoms. The number of rotatable bonds is 4. The summed E-state index contributed by atoms with van der Waals surface area (Å²) in [5, 5.41) is 4.60. The first-order valence-corrected chi connectivity index (χ1v) is 9.76. The number of aromatic nitrogens is 2. The molecule has 0 saturated carbocycles. The van der Waals surface area contributed by atoms with E-state index >= 15 is 0 Å². The van der Waals surface area contributed by atoms with Crippen LogP contribution >= 0.6 is 0 Å². The summed E-state index contributed by atoms with van der Waals surface area (Å²) in [5.74, 6) is 0. The minimum absolute atomic E-state index is 0.378. The first kappa shape index (κ1) is 16.2. The van der Waals surface area contributed by atoms with Crippen LogP contribution in [0.15, 0.2) is 35.2 Å². The summed E-state index contributed by atoms with van der Waals surface area (Å²) in [6, 6.07) is 9.75. The van der Waals surface area contributed by atoms with Crippen molar-refractivity contribution in [2.75, 3.05) is 19.3 Å². The minimum Gasteiger partial charge on any atom is -0.297 e. The van der Waals surface area contributed by atoms with Crippen LogP contribution in [0, 0.1) is 13.8 Å². The van der Waals surface area contributed by atoms with E-state index in [2.05, 4.69) is 27.7 Å². The van der Waals surface area contributed by atoms with Gasteiger partial charge < -0.3 is 0 Å². The van der Waals surface area contributed by atoms with Gasteiger partial charge in [-0.15, -0.1) is 0 Å². The van der Waals surface area contributed by atoms with Crippen LogP contribution in [-0.4, -0.2) is 42.4 Å². The lowest BCUT2D eigenvalue weighted by Gasteiger charge is -2.17. The number of aryl methyl sites for hydroxylation is 2. The molecule has 1 aliphatic rings. The van der Waals surface area contributed by atoms with Crippen LogP contribution in [0.4, 0.5) is 0 Å². The highest BCUT2D eigenvalue weighted by Gasteiger charge is 2.25. The van der Waals surface area contributed by atoms with Crippen molar-refractivity contribution in [3.8, 4) is 0 Å². The summed E-state index contributed by atoms with van der Waals surface area (Å²) in [6.45, 7) is 7.00. The average Bonchev–Trinajstić information content (AvgIpc) is 3.05. The zero-order valence-electron chi connectivity index (χ0n) is 13.9. The molecule has 0 bridgehead atoms. The third-order valence-electron chi connectivity index (χ3n) is 4.40. The van der Waals surface area contributed by atoms with Gasteiger partial charge in [0.15, 0.2) is 9.84 Å². The Bertz CT molecular complexity index is 794. The van der Waals surface area contributed by atoms with Crippen molar-refractivity contribution in [1.29, 1.82) is 0 Å². The van der Waals surface area contributed by atoms with Gasteiger partial charge in [0.05, 0.1) is 16.6 Å². The molecule has 0 amide bonds. The van der Waals surface area contributed by atoms with Gasteiger partial charge in [-0.05, 0) is 44.0 Å². The van der Waals surface area contributed by atoms with Gasteiger partial charge in [0.2, 0.25) is 0 Å². The maximum atomic E-state index is 11.5. The Labute approximate surface area is 137 Å². The standard InChI is InChI=1S/C17H23N3O2S/c1-13-10-14(2)20(18-13)16-8-9-19(12-16)11-15-4-6-17(7-5-15)23(3,21)22/h4-7,10,16H,8-9,11-12H2,1-3H3/t16-/m1/s1. The summed E-state index contributed by atoms with van der Waals surface area (Å²) in [6.07, 6.45) is 2.34. The lowest BCUT2D eigenvalue weighted by Crippen LogP contribution is -2.22. The first-order valence-electron chi connectivity index (χ1n) is 7.87. The topological polar surface area (TPSA) is 55.2 Å². The second kappa shape index (κ2) is 6.09. The van der Waals surface area contributed by atoms with E-state index in [1.807, 2.05) is 19.1 Å². The predicted octanol–water partition coefficient (Wildman–Crippen LogP) is 2.35. The summed E-state index contributed by atoms with van der Waals surface area (Å²) in [5.41, 5.74) is 3.43. The fourth-order valence-electron chi connectivity index (χ4n) is 3.27. The maximum absolute atomic E-state index is 11.5. The fourth-order valence-corrected chi connectivity index (χ4v) is 3.90. The lowest BCUT2D eigenvalue weighted by atomic mass is 10.2. The molecule has 1 fully saturated rings. The SMILES string of the molecule is Cc1cc(C)n([C@@H]2CCN(Cc3ccc(S(C)(=O)=O)cc3)C2)n1. The highest BCUT2D eigenvalue weighted by Crippen LogP contribution is 2.24. The molecule has 5 nitrogen and oxygen atoms in total. The number of nitrogens with zero attached hydrogens (tertiary/aromatic N) is 3. The van der Waals surface area contributed by atoms with Crippen LogP contribution in [0.25, 0.3) is 0 Å². The molecule has 2 aromatic rings. The van der Waals surface area contributed by atoms with E-state index in [0.717, 1.165) is 37.3 Å². The van der Waals surface area contributed by atoms with E-state index in [-0.39, 0.29) is 0 Å². The molecule has 124 valence electrons. The molecule has 0 unspecified atom stereocenters. The molecule has 0 N–H and O–H groups in total. The lowest BCUT2D eigenvalue weighted by molar-refractivity contribution is 0.310. The van der Waals surface area contributed by atoms with Gasteiger partial charge in [-0.25, -0.2) is 8.42 Å². The Morgan fingerprint density at radius 1 is 1.22 bits per heavy atom. The molecule has 1 aliphatic heterocycles. The van der Waals surface area contributed by atoms with E-state index in [1.54, 1.807) is 12.1 Å². The van der Waals surface area contributed by atoms with Crippen molar-refractivity contribution in [3.05, 3.63) is 47.3 Å². The van der Waals surface area contributed by atoms with Crippen LogP contribution in [0.5, 0.6) is 0 Å². The van der Waals surface area contributed by atoms with Crippen LogP contribution in [-0.2, 0) is 16.4 Å². The van der Waals surface area contributed by atoms with E-state index in [4.69, 9.17) is 0 Å². The van der Waals surface area contributed by atoms with Crippen molar-refractivity contribution in [2.45, 2.75) is 37.8 Å². The van der Waals surface area contributed by atoms with E-state index in [1.165, 1.54) is 11.9 Å². The number of likely N-dealkylation sites (tertiary alicyclic amines) is 1. The van der Waals surface area contributed by atoms with Crippen molar-refractivity contribution in [2.24, 2.45) is 0 Å². The van der Waals surface area contributed by atoms with E-state index in [9.17, 15) is 8.42 Å². The highest BCUT2D eigenvalue weighted by molar-refractivity contribution is 7.90.